The summed E-state index contributed by atoms with van der Waals surface area (Å²) in [4.78, 5) is 25.1. The van der Waals surface area contributed by atoms with E-state index in [0.717, 1.165) is 57.0 Å². The van der Waals surface area contributed by atoms with Crippen molar-refractivity contribution >= 4 is 11.9 Å². The Bertz CT molecular complexity index is 651. The molecule has 1 aliphatic carbocycles. The molecule has 0 spiro atoms. The summed E-state index contributed by atoms with van der Waals surface area (Å²) in [6, 6.07) is 4.36. The molecule has 0 bridgehead atoms. The molecule has 3 rings (SSSR count). The standard InChI is InChI=1S/C20H32N6O2/c1-3-12-28-19-7-4-16(13-22-19)14-23-20(21-2)26-10-8-25(9-11-26)15-18(27)24-17-5-6-17/h4,7,13,17H,3,5-6,8-12,14-15H2,1-2H3,(H,21,23)(H,24,27). The molecule has 1 aliphatic heterocycles. The van der Waals surface area contributed by atoms with Crippen LogP contribution in [0.5, 0.6) is 5.88 Å². The van der Waals surface area contributed by atoms with E-state index in [1.807, 2.05) is 18.3 Å². The lowest BCUT2D eigenvalue weighted by molar-refractivity contribution is -0.122. The molecule has 1 saturated carbocycles. The Kier molecular flexibility index (Phi) is 7.47. The summed E-state index contributed by atoms with van der Waals surface area (Å²) < 4.78 is 5.52. The third kappa shape index (κ3) is 6.37. The van der Waals surface area contributed by atoms with Gasteiger partial charge in [0.1, 0.15) is 0 Å². The topological polar surface area (TPSA) is 82.1 Å². The quantitative estimate of drug-likeness (QED) is 0.507. The van der Waals surface area contributed by atoms with Crippen LogP contribution >= 0.6 is 0 Å². The number of guanidine groups is 1. The first-order valence-corrected chi connectivity index (χ1v) is 10.2. The van der Waals surface area contributed by atoms with Crippen molar-refractivity contribution in [1.82, 2.24) is 25.4 Å². The average molecular weight is 389 g/mol. The van der Waals surface area contributed by atoms with Crippen LogP contribution in [0.15, 0.2) is 23.3 Å². The van der Waals surface area contributed by atoms with Crippen molar-refractivity contribution in [2.24, 2.45) is 4.99 Å². The summed E-state index contributed by atoms with van der Waals surface area (Å²) in [6.07, 6.45) is 5.07. The summed E-state index contributed by atoms with van der Waals surface area (Å²) in [5, 5.41) is 6.46. The van der Waals surface area contributed by atoms with Crippen LogP contribution in [0.1, 0.15) is 31.7 Å². The number of piperazine rings is 1. The maximum atomic E-state index is 12.0. The first-order valence-electron chi connectivity index (χ1n) is 10.2. The minimum atomic E-state index is 0.150. The third-order valence-electron chi connectivity index (χ3n) is 4.90. The number of aromatic nitrogens is 1. The molecule has 2 aliphatic rings. The highest BCUT2D eigenvalue weighted by Crippen LogP contribution is 2.18. The molecule has 8 heteroatoms. The van der Waals surface area contributed by atoms with E-state index in [4.69, 9.17) is 4.74 Å². The SMILES string of the molecule is CCCOc1ccc(CNC(=NC)N2CCN(CC(=O)NC3CC3)CC2)cn1. The zero-order valence-corrected chi connectivity index (χ0v) is 17.0. The molecule has 0 aromatic carbocycles. The lowest BCUT2D eigenvalue weighted by Crippen LogP contribution is -2.54. The van der Waals surface area contributed by atoms with Gasteiger partial charge in [-0.3, -0.25) is 14.7 Å². The Balaban J connectivity index is 1.40. The molecule has 1 aromatic heterocycles. The van der Waals surface area contributed by atoms with Gasteiger partial charge in [-0.15, -0.1) is 0 Å². The maximum absolute atomic E-state index is 12.0. The predicted octanol–water partition coefficient (Wildman–Crippen LogP) is 0.842. The lowest BCUT2D eigenvalue weighted by atomic mass is 10.3. The minimum absolute atomic E-state index is 0.150. The molecule has 8 nitrogen and oxygen atoms in total. The fraction of sp³-hybridized carbons (Fsp3) is 0.650. The van der Waals surface area contributed by atoms with Crippen molar-refractivity contribution in [3.8, 4) is 5.88 Å². The Morgan fingerprint density at radius 1 is 1.29 bits per heavy atom. The van der Waals surface area contributed by atoms with Crippen LogP contribution in [0.25, 0.3) is 0 Å². The molecule has 1 amide bonds. The molecule has 1 aromatic rings. The fourth-order valence-electron chi connectivity index (χ4n) is 3.14. The second-order valence-electron chi connectivity index (χ2n) is 7.36. The molecule has 2 fully saturated rings. The van der Waals surface area contributed by atoms with Crippen LogP contribution in [0, 0.1) is 0 Å². The van der Waals surface area contributed by atoms with Gasteiger partial charge in [0, 0.05) is 58.1 Å². The molecule has 2 heterocycles. The number of hydrogen-bond acceptors (Lipinski definition) is 5. The number of ether oxygens (including phenoxy) is 1. The van der Waals surface area contributed by atoms with Gasteiger partial charge >= 0.3 is 0 Å². The third-order valence-corrected chi connectivity index (χ3v) is 4.90. The van der Waals surface area contributed by atoms with Gasteiger partial charge in [0.15, 0.2) is 5.96 Å². The van der Waals surface area contributed by atoms with Crippen LogP contribution in [0.3, 0.4) is 0 Å². The van der Waals surface area contributed by atoms with E-state index in [1.54, 1.807) is 7.05 Å². The lowest BCUT2D eigenvalue weighted by Gasteiger charge is -2.36. The zero-order valence-electron chi connectivity index (χ0n) is 17.0. The number of carbonyl (C=O) groups excluding carboxylic acids is 1. The summed E-state index contributed by atoms with van der Waals surface area (Å²) in [5.41, 5.74) is 1.08. The van der Waals surface area contributed by atoms with Crippen LogP contribution in [0.2, 0.25) is 0 Å². The minimum Gasteiger partial charge on any atom is -0.478 e. The highest BCUT2D eigenvalue weighted by molar-refractivity contribution is 5.80. The second kappa shape index (κ2) is 10.3. The zero-order chi connectivity index (χ0) is 19.8. The van der Waals surface area contributed by atoms with Gasteiger partial charge < -0.3 is 20.3 Å². The van der Waals surface area contributed by atoms with Crippen LogP contribution < -0.4 is 15.4 Å². The van der Waals surface area contributed by atoms with Crippen molar-refractivity contribution in [3.05, 3.63) is 23.9 Å². The number of pyridine rings is 1. The largest absolute Gasteiger partial charge is 0.478 e. The Morgan fingerprint density at radius 3 is 2.68 bits per heavy atom. The molecule has 28 heavy (non-hydrogen) atoms. The number of nitrogens with zero attached hydrogens (tertiary/aromatic N) is 4. The average Bonchev–Trinajstić information content (AvgIpc) is 3.52. The Labute approximate surface area is 167 Å². The van der Waals surface area contributed by atoms with Crippen LogP contribution in [-0.2, 0) is 11.3 Å². The Morgan fingerprint density at radius 2 is 2.07 bits per heavy atom. The number of hydrogen-bond donors (Lipinski definition) is 2. The van der Waals surface area contributed by atoms with Gasteiger partial charge in [0.05, 0.1) is 13.2 Å². The predicted molar refractivity (Wildman–Crippen MR) is 109 cm³/mol. The van der Waals surface area contributed by atoms with Crippen LogP contribution in [-0.4, -0.2) is 79.1 Å². The second-order valence-corrected chi connectivity index (χ2v) is 7.36. The molecule has 2 N–H and O–H groups in total. The number of amides is 1. The first kappa shape index (κ1) is 20.4. The number of rotatable bonds is 8. The summed E-state index contributed by atoms with van der Waals surface area (Å²) in [7, 11) is 1.80. The number of nitrogens with one attached hydrogen (secondary N) is 2. The van der Waals surface area contributed by atoms with Gasteiger partial charge in [-0.1, -0.05) is 13.0 Å². The molecular weight excluding hydrogens is 356 g/mol. The summed E-state index contributed by atoms with van der Waals surface area (Å²) >= 11 is 0. The van der Waals surface area contributed by atoms with Crippen molar-refractivity contribution in [2.75, 3.05) is 46.4 Å². The Hall–Kier alpha value is -2.35. The van der Waals surface area contributed by atoms with Crippen molar-refractivity contribution in [2.45, 2.75) is 38.8 Å². The molecule has 154 valence electrons. The van der Waals surface area contributed by atoms with E-state index in [0.29, 0.717) is 31.6 Å². The summed E-state index contributed by atoms with van der Waals surface area (Å²) in [6.45, 7) is 7.37. The fourth-order valence-corrected chi connectivity index (χ4v) is 3.14. The van der Waals surface area contributed by atoms with Gasteiger partial charge in [-0.05, 0) is 24.8 Å². The van der Waals surface area contributed by atoms with E-state index in [9.17, 15) is 4.79 Å². The van der Waals surface area contributed by atoms with Gasteiger partial charge in [-0.25, -0.2) is 4.98 Å². The van der Waals surface area contributed by atoms with E-state index in [2.05, 4.69) is 37.3 Å². The molecule has 0 radical (unpaired) electrons. The van der Waals surface area contributed by atoms with Gasteiger partial charge in [-0.2, -0.15) is 0 Å². The van der Waals surface area contributed by atoms with Crippen molar-refractivity contribution in [1.29, 1.82) is 0 Å². The molecular formula is C20H32N6O2. The molecule has 1 saturated heterocycles. The first-order chi connectivity index (χ1) is 13.7. The molecule has 0 atom stereocenters. The van der Waals surface area contributed by atoms with Crippen molar-refractivity contribution in [3.63, 3.8) is 0 Å². The number of aliphatic imine (C=N–C) groups is 1. The highest BCUT2D eigenvalue weighted by Gasteiger charge is 2.25. The summed E-state index contributed by atoms with van der Waals surface area (Å²) in [5.74, 6) is 1.70. The van der Waals surface area contributed by atoms with Crippen LogP contribution in [0.4, 0.5) is 0 Å². The van der Waals surface area contributed by atoms with E-state index in [-0.39, 0.29) is 5.91 Å². The van der Waals surface area contributed by atoms with Crippen molar-refractivity contribution < 1.29 is 9.53 Å². The van der Waals surface area contributed by atoms with Gasteiger partial charge in [0.25, 0.3) is 0 Å². The molecule has 0 unspecified atom stereocenters. The van der Waals surface area contributed by atoms with E-state index < -0.39 is 0 Å². The van der Waals surface area contributed by atoms with E-state index >= 15 is 0 Å². The monoisotopic (exact) mass is 388 g/mol. The number of carbonyl (C=O) groups is 1. The van der Waals surface area contributed by atoms with E-state index in [1.165, 1.54) is 0 Å². The smallest absolute Gasteiger partial charge is 0.234 e. The maximum Gasteiger partial charge on any atom is 0.234 e. The van der Waals surface area contributed by atoms with Gasteiger partial charge in [0.2, 0.25) is 11.8 Å². The highest BCUT2D eigenvalue weighted by atomic mass is 16.5. The normalized spacial score (nSPS) is 18.1.